The number of hydrogen-bond donors (Lipinski definition) is 3. The minimum Gasteiger partial charge on any atom is -0.467 e. The Morgan fingerprint density at radius 2 is 1.79 bits per heavy atom. The maximum atomic E-state index is 13.0. The molecule has 24 heavy (non-hydrogen) atoms. The molecule has 0 fully saturated rings. The summed E-state index contributed by atoms with van der Waals surface area (Å²) in [5, 5.41) is 2.60. The number of hydrogen-bond acceptors (Lipinski definition) is 4. The molecule has 3 N–H and O–H groups in total. The highest BCUT2D eigenvalue weighted by molar-refractivity contribution is 5.95. The SMILES string of the molecule is O=C(CCC(=O)NNC(=O)c1cccc(F)c1)NCc1ccco1. The summed E-state index contributed by atoms with van der Waals surface area (Å²) in [7, 11) is 0. The van der Waals surface area contributed by atoms with Crippen LogP contribution in [-0.2, 0) is 16.1 Å². The molecule has 1 aromatic heterocycles. The van der Waals surface area contributed by atoms with Crippen molar-refractivity contribution in [1.29, 1.82) is 0 Å². The lowest BCUT2D eigenvalue weighted by atomic mass is 10.2. The van der Waals surface area contributed by atoms with Gasteiger partial charge >= 0.3 is 0 Å². The van der Waals surface area contributed by atoms with Crippen LogP contribution in [-0.4, -0.2) is 17.7 Å². The van der Waals surface area contributed by atoms with Gasteiger partial charge in [-0.15, -0.1) is 0 Å². The van der Waals surface area contributed by atoms with Gasteiger partial charge in [-0.3, -0.25) is 25.2 Å². The Bertz CT molecular complexity index is 716. The highest BCUT2D eigenvalue weighted by Gasteiger charge is 2.10. The number of halogens is 1. The zero-order chi connectivity index (χ0) is 17.4. The number of carbonyl (C=O) groups is 3. The number of nitrogens with one attached hydrogen (secondary N) is 3. The van der Waals surface area contributed by atoms with E-state index in [1.54, 1.807) is 12.1 Å². The number of hydrazine groups is 1. The van der Waals surface area contributed by atoms with Crippen LogP contribution >= 0.6 is 0 Å². The van der Waals surface area contributed by atoms with Crippen LogP contribution in [0.2, 0.25) is 0 Å². The molecule has 1 aromatic carbocycles. The predicted octanol–water partition coefficient (Wildman–Crippen LogP) is 1.28. The molecule has 0 radical (unpaired) electrons. The van der Waals surface area contributed by atoms with Gasteiger partial charge in [-0.05, 0) is 30.3 Å². The number of rotatable bonds is 6. The first kappa shape index (κ1) is 17.2. The third-order valence-corrected chi connectivity index (χ3v) is 3.02. The lowest BCUT2D eigenvalue weighted by Crippen LogP contribution is -2.42. The molecule has 0 unspecified atom stereocenters. The highest BCUT2D eigenvalue weighted by Crippen LogP contribution is 2.02. The molecular formula is C16H16FN3O4. The molecule has 0 saturated heterocycles. The fourth-order valence-corrected chi connectivity index (χ4v) is 1.81. The Morgan fingerprint density at radius 3 is 2.50 bits per heavy atom. The van der Waals surface area contributed by atoms with Crippen LogP contribution in [0.25, 0.3) is 0 Å². The molecule has 0 atom stereocenters. The van der Waals surface area contributed by atoms with Gasteiger partial charge < -0.3 is 9.73 Å². The molecule has 7 nitrogen and oxygen atoms in total. The monoisotopic (exact) mass is 333 g/mol. The first-order valence-corrected chi connectivity index (χ1v) is 7.18. The van der Waals surface area contributed by atoms with Crippen molar-refractivity contribution in [3.8, 4) is 0 Å². The Hall–Kier alpha value is -3.16. The smallest absolute Gasteiger partial charge is 0.269 e. The van der Waals surface area contributed by atoms with Crippen molar-refractivity contribution < 1.29 is 23.2 Å². The van der Waals surface area contributed by atoms with Crippen LogP contribution in [0, 0.1) is 5.82 Å². The maximum Gasteiger partial charge on any atom is 0.269 e. The van der Waals surface area contributed by atoms with Crippen LogP contribution in [0.3, 0.4) is 0 Å². The third-order valence-electron chi connectivity index (χ3n) is 3.02. The number of furan rings is 1. The highest BCUT2D eigenvalue weighted by atomic mass is 19.1. The van der Waals surface area contributed by atoms with Gasteiger partial charge in [-0.1, -0.05) is 6.07 Å². The molecule has 0 aliphatic carbocycles. The second kappa shape index (κ2) is 8.47. The average Bonchev–Trinajstić information content (AvgIpc) is 3.09. The molecule has 0 saturated carbocycles. The fraction of sp³-hybridized carbons (Fsp3) is 0.188. The first-order valence-electron chi connectivity index (χ1n) is 7.18. The predicted molar refractivity (Wildman–Crippen MR) is 81.8 cm³/mol. The van der Waals surface area contributed by atoms with E-state index < -0.39 is 17.6 Å². The van der Waals surface area contributed by atoms with Crippen LogP contribution in [0.4, 0.5) is 4.39 Å². The molecule has 8 heteroatoms. The summed E-state index contributed by atoms with van der Waals surface area (Å²) in [6.45, 7) is 0.240. The Balaban J connectivity index is 1.65. The minimum absolute atomic E-state index is 0.0393. The van der Waals surface area contributed by atoms with Crippen LogP contribution in [0.1, 0.15) is 29.0 Å². The van der Waals surface area contributed by atoms with E-state index in [-0.39, 0.29) is 30.9 Å². The van der Waals surface area contributed by atoms with Gasteiger partial charge in [0.2, 0.25) is 11.8 Å². The van der Waals surface area contributed by atoms with Gasteiger partial charge in [0.25, 0.3) is 5.91 Å². The Labute approximate surface area is 137 Å². The molecule has 0 aliphatic heterocycles. The van der Waals surface area contributed by atoms with Crippen molar-refractivity contribution in [2.24, 2.45) is 0 Å². The first-order chi connectivity index (χ1) is 11.5. The van der Waals surface area contributed by atoms with Gasteiger partial charge in [0.15, 0.2) is 0 Å². The van der Waals surface area contributed by atoms with E-state index in [4.69, 9.17) is 4.42 Å². The van der Waals surface area contributed by atoms with Crippen molar-refractivity contribution in [1.82, 2.24) is 16.2 Å². The summed E-state index contributed by atoms with van der Waals surface area (Å²) in [5.41, 5.74) is 4.39. The lowest BCUT2D eigenvalue weighted by molar-refractivity contribution is -0.126. The van der Waals surface area contributed by atoms with Crippen molar-refractivity contribution in [2.45, 2.75) is 19.4 Å². The quantitative estimate of drug-likeness (QED) is 0.693. The van der Waals surface area contributed by atoms with E-state index in [0.29, 0.717) is 5.76 Å². The summed E-state index contributed by atoms with van der Waals surface area (Å²) in [4.78, 5) is 34.9. The van der Waals surface area contributed by atoms with Crippen molar-refractivity contribution in [3.63, 3.8) is 0 Å². The lowest BCUT2D eigenvalue weighted by Gasteiger charge is -2.07. The molecule has 0 aliphatic rings. The fourth-order valence-electron chi connectivity index (χ4n) is 1.81. The minimum atomic E-state index is -0.648. The van der Waals surface area contributed by atoms with Gasteiger partial charge in [-0.25, -0.2) is 4.39 Å². The van der Waals surface area contributed by atoms with Gasteiger partial charge in [-0.2, -0.15) is 0 Å². The van der Waals surface area contributed by atoms with Gasteiger partial charge in [0, 0.05) is 18.4 Å². The van der Waals surface area contributed by atoms with Crippen LogP contribution in [0.15, 0.2) is 47.1 Å². The molecule has 1 heterocycles. The number of amides is 3. The zero-order valence-corrected chi connectivity index (χ0v) is 12.7. The van der Waals surface area contributed by atoms with Crippen LogP contribution in [0.5, 0.6) is 0 Å². The van der Waals surface area contributed by atoms with E-state index >= 15 is 0 Å². The molecule has 0 bridgehead atoms. The normalized spacial score (nSPS) is 10.0. The Morgan fingerprint density at radius 1 is 1.00 bits per heavy atom. The van der Waals surface area contributed by atoms with E-state index in [9.17, 15) is 18.8 Å². The van der Waals surface area contributed by atoms with Gasteiger partial charge in [0.05, 0.1) is 12.8 Å². The largest absolute Gasteiger partial charge is 0.467 e. The molecule has 3 amide bonds. The topological polar surface area (TPSA) is 100 Å². The number of carbonyl (C=O) groups excluding carboxylic acids is 3. The molecule has 2 rings (SSSR count). The second-order valence-electron chi connectivity index (χ2n) is 4.87. The summed E-state index contributed by atoms with van der Waals surface area (Å²) in [6, 6.07) is 8.47. The molecule has 0 spiro atoms. The van der Waals surface area contributed by atoms with Crippen molar-refractivity contribution in [2.75, 3.05) is 0 Å². The summed E-state index contributed by atoms with van der Waals surface area (Å²) >= 11 is 0. The van der Waals surface area contributed by atoms with E-state index in [2.05, 4.69) is 16.2 Å². The van der Waals surface area contributed by atoms with Crippen molar-refractivity contribution >= 4 is 17.7 Å². The van der Waals surface area contributed by atoms with Crippen molar-refractivity contribution in [3.05, 3.63) is 59.8 Å². The standard InChI is InChI=1S/C16H16FN3O4/c17-12-4-1-3-11(9-12)16(23)20-19-15(22)7-6-14(21)18-10-13-5-2-8-24-13/h1-5,8-9H,6-7,10H2,(H,18,21)(H,19,22)(H,20,23). The van der Waals surface area contributed by atoms with E-state index in [0.717, 1.165) is 6.07 Å². The van der Waals surface area contributed by atoms with Gasteiger partial charge in [0.1, 0.15) is 11.6 Å². The molecule has 2 aromatic rings. The average molecular weight is 333 g/mol. The summed E-state index contributed by atoms with van der Waals surface area (Å²) in [6.07, 6.45) is 1.35. The maximum absolute atomic E-state index is 13.0. The summed E-state index contributed by atoms with van der Waals surface area (Å²) in [5.74, 6) is -1.45. The Kier molecular flexibility index (Phi) is 6.07. The van der Waals surface area contributed by atoms with E-state index in [1.165, 1.54) is 24.5 Å². The third kappa shape index (κ3) is 5.56. The van der Waals surface area contributed by atoms with E-state index in [1.807, 2.05) is 0 Å². The summed E-state index contributed by atoms with van der Waals surface area (Å²) < 4.78 is 18.0. The second-order valence-corrected chi connectivity index (χ2v) is 4.87. The van der Waals surface area contributed by atoms with Crippen LogP contribution < -0.4 is 16.2 Å². The molecular weight excluding hydrogens is 317 g/mol. The molecule has 126 valence electrons. The zero-order valence-electron chi connectivity index (χ0n) is 12.7. The number of benzene rings is 1.